The summed E-state index contributed by atoms with van der Waals surface area (Å²) in [5.74, 6) is -0.694. The van der Waals surface area contributed by atoms with E-state index in [2.05, 4.69) is 169 Å². The second kappa shape index (κ2) is 12.4. The van der Waals surface area contributed by atoms with Crippen LogP contribution in [0.2, 0.25) is 0 Å². The van der Waals surface area contributed by atoms with E-state index in [-0.39, 0.29) is 11.6 Å². The first-order chi connectivity index (χ1) is 27.0. The number of benzene rings is 5. The predicted octanol–water partition coefficient (Wildman–Crippen LogP) is 16.0. The summed E-state index contributed by atoms with van der Waals surface area (Å²) in [6.45, 7) is 8.28. The molecule has 0 amide bonds. The smallest absolute Gasteiger partial charge is 0.137 e. The SMILES string of the molecule is Cc1ccc(C2(c3ccc(C)cc3)c3c(F)c4c(c(F)c3-c3sc5cc(Br)sc5c32)C(c2ccc(C)cc2)(c2ccc(C)cc2)c2c-4sc3cc(Br)sc23)cc1. The van der Waals surface area contributed by atoms with Crippen molar-refractivity contribution in [2.24, 2.45) is 0 Å². The second-order valence-corrected chi connectivity index (χ2v) is 22.2. The fourth-order valence-corrected chi connectivity index (χ4v) is 16.3. The number of aryl methyl sites for hydroxylation is 4. The van der Waals surface area contributed by atoms with Gasteiger partial charge in [-0.3, -0.25) is 0 Å². The molecule has 11 rings (SSSR count). The normalized spacial score (nSPS) is 14.7. The Kier molecular flexibility index (Phi) is 7.82. The van der Waals surface area contributed by atoms with E-state index in [1.807, 2.05) is 0 Å². The molecular weight excluding hydrogens is 903 g/mol. The summed E-state index contributed by atoms with van der Waals surface area (Å²) in [5, 5.41) is 0. The van der Waals surface area contributed by atoms with Gasteiger partial charge in [0.15, 0.2) is 0 Å². The van der Waals surface area contributed by atoms with Gasteiger partial charge in [-0.1, -0.05) is 119 Å². The number of rotatable bonds is 4. The summed E-state index contributed by atoms with van der Waals surface area (Å²) < 4.78 is 44.7. The minimum absolute atomic E-state index is 0.347. The molecule has 0 unspecified atom stereocenters. The van der Waals surface area contributed by atoms with Gasteiger partial charge in [0.05, 0.1) is 27.8 Å². The van der Waals surface area contributed by atoms with Crippen molar-refractivity contribution >= 4 is 96.0 Å². The maximum atomic E-state index is 19.3. The van der Waals surface area contributed by atoms with Crippen LogP contribution in [0.5, 0.6) is 0 Å². The van der Waals surface area contributed by atoms with E-state index < -0.39 is 10.8 Å². The molecule has 0 saturated heterocycles. The third-order valence-corrected chi connectivity index (χ3v) is 17.8. The average Bonchev–Trinajstić information content (AvgIpc) is 4.00. The lowest BCUT2D eigenvalue weighted by Crippen LogP contribution is -2.32. The van der Waals surface area contributed by atoms with Crippen LogP contribution in [0.15, 0.2) is 117 Å². The maximum absolute atomic E-state index is 19.3. The molecule has 4 aromatic heterocycles. The average molecular weight is 933 g/mol. The highest BCUT2D eigenvalue weighted by Crippen LogP contribution is 2.69. The Labute approximate surface area is 356 Å². The Balaban J connectivity index is 1.39. The van der Waals surface area contributed by atoms with E-state index in [0.717, 1.165) is 91.8 Å². The minimum Gasteiger partial charge on any atom is -0.206 e. The highest BCUT2D eigenvalue weighted by Gasteiger charge is 2.58. The molecule has 0 fully saturated rings. The van der Waals surface area contributed by atoms with E-state index >= 15 is 8.78 Å². The fourth-order valence-electron chi connectivity index (χ4n) is 9.53. The molecule has 0 spiro atoms. The van der Waals surface area contributed by atoms with Gasteiger partial charge in [-0.15, -0.1) is 45.3 Å². The zero-order valence-corrected chi connectivity index (χ0v) is 37.0. The van der Waals surface area contributed by atoms with Crippen LogP contribution in [-0.2, 0) is 10.8 Å². The summed E-state index contributed by atoms with van der Waals surface area (Å²) in [5.41, 5.74) is 9.38. The molecule has 0 nitrogen and oxygen atoms in total. The second-order valence-electron chi connectivity index (χ2n) is 15.2. The third-order valence-electron chi connectivity index (χ3n) is 11.9. The van der Waals surface area contributed by atoms with Crippen molar-refractivity contribution < 1.29 is 8.78 Å². The van der Waals surface area contributed by atoms with Gasteiger partial charge >= 0.3 is 0 Å². The number of halogens is 4. The molecule has 4 heterocycles. The molecule has 0 N–H and O–H groups in total. The van der Waals surface area contributed by atoms with Crippen molar-refractivity contribution in [3.05, 3.63) is 195 Å². The molecule has 9 aromatic rings. The van der Waals surface area contributed by atoms with Crippen LogP contribution in [0.3, 0.4) is 0 Å². The Morgan fingerprint density at radius 2 is 0.696 bits per heavy atom. The van der Waals surface area contributed by atoms with Gasteiger partial charge in [0.1, 0.15) is 11.6 Å². The van der Waals surface area contributed by atoms with Gasteiger partial charge in [0, 0.05) is 52.5 Å². The summed E-state index contributed by atoms with van der Waals surface area (Å²) in [4.78, 5) is 1.60. The molecule has 2 aliphatic rings. The number of fused-ring (bicyclic) bond motifs is 10. The van der Waals surface area contributed by atoms with Crippen molar-refractivity contribution in [3.63, 3.8) is 0 Å². The van der Waals surface area contributed by atoms with Crippen LogP contribution in [0.1, 0.15) is 66.8 Å². The molecule has 5 aromatic carbocycles. The first-order valence-corrected chi connectivity index (χ1v) is 23.2. The van der Waals surface area contributed by atoms with Gasteiger partial charge in [0.25, 0.3) is 0 Å². The summed E-state index contributed by atoms with van der Waals surface area (Å²) in [6, 6.07) is 38.0. The lowest BCUT2D eigenvalue weighted by atomic mass is 9.65. The van der Waals surface area contributed by atoms with Crippen LogP contribution in [0.25, 0.3) is 39.7 Å². The molecule has 0 bridgehead atoms. The van der Waals surface area contributed by atoms with E-state index in [9.17, 15) is 0 Å². The lowest BCUT2D eigenvalue weighted by Gasteiger charge is -2.36. The molecule has 0 atom stereocenters. The van der Waals surface area contributed by atoms with Crippen LogP contribution >= 0.6 is 77.2 Å². The monoisotopic (exact) mass is 930 g/mol. The van der Waals surface area contributed by atoms with E-state index in [4.69, 9.17) is 0 Å². The fraction of sp³-hybridized carbons (Fsp3) is 0.125. The van der Waals surface area contributed by atoms with E-state index in [0.29, 0.717) is 22.3 Å². The molecule has 56 heavy (non-hydrogen) atoms. The Bertz CT molecular complexity index is 2790. The van der Waals surface area contributed by atoms with Crippen LogP contribution in [-0.4, -0.2) is 0 Å². The van der Waals surface area contributed by atoms with Gasteiger partial charge in [-0.05, 0) is 93.9 Å². The van der Waals surface area contributed by atoms with Crippen LogP contribution < -0.4 is 0 Å². The van der Waals surface area contributed by atoms with Crippen molar-refractivity contribution in [2.75, 3.05) is 0 Å². The zero-order valence-electron chi connectivity index (χ0n) is 30.5. The van der Waals surface area contributed by atoms with Crippen molar-refractivity contribution in [3.8, 4) is 20.9 Å². The molecular formula is C48H30Br2F2S4. The van der Waals surface area contributed by atoms with Gasteiger partial charge in [0.2, 0.25) is 0 Å². The van der Waals surface area contributed by atoms with Gasteiger partial charge in [-0.25, -0.2) is 8.78 Å². The highest BCUT2D eigenvalue weighted by molar-refractivity contribution is 9.11. The van der Waals surface area contributed by atoms with Gasteiger partial charge < -0.3 is 0 Å². The van der Waals surface area contributed by atoms with Crippen molar-refractivity contribution in [1.29, 1.82) is 0 Å². The van der Waals surface area contributed by atoms with Gasteiger partial charge in [-0.2, -0.15) is 0 Å². The molecule has 8 heteroatoms. The maximum Gasteiger partial charge on any atom is 0.137 e. The zero-order chi connectivity index (χ0) is 38.4. The van der Waals surface area contributed by atoms with E-state index in [1.54, 1.807) is 45.3 Å². The molecule has 2 aliphatic carbocycles. The largest absolute Gasteiger partial charge is 0.206 e. The Morgan fingerprint density at radius 3 is 0.982 bits per heavy atom. The molecule has 274 valence electrons. The Morgan fingerprint density at radius 1 is 0.411 bits per heavy atom. The van der Waals surface area contributed by atoms with Crippen LogP contribution in [0.4, 0.5) is 8.78 Å². The first-order valence-electron chi connectivity index (χ1n) is 18.3. The summed E-state index contributed by atoms with van der Waals surface area (Å²) >= 11 is 14.0. The topological polar surface area (TPSA) is 0 Å². The predicted molar refractivity (Wildman–Crippen MR) is 242 cm³/mol. The number of hydrogen-bond acceptors (Lipinski definition) is 4. The molecule has 0 saturated carbocycles. The molecule has 0 aliphatic heterocycles. The minimum atomic E-state index is -1.12. The van der Waals surface area contributed by atoms with E-state index in [1.165, 1.54) is 0 Å². The quantitative estimate of drug-likeness (QED) is 0.165. The molecule has 0 radical (unpaired) electrons. The summed E-state index contributed by atoms with van der Waals surface area (Å²) in [6.07, 6.45) is 0. The number of thiophene rings is 4. The van der Waals surface area contributed by atoms with Crippen LogP contribution in [0, 0.1) is 39.3 Å². The highest BCUT2D eigenvalue weighted by atomic mass is 79.9. The third kappa shape index (κ3) is 4.52. The Hall–Kier alpha value is -3.76. The van der Waals surface area contributed by atoms with Crippen molar-refractivity contribution in [1.82, 2.24) is 0 Å². The lowest BCUT2D eigenvalue weighted by molar-refractivity contribution is 0.559. The number of hydrogen-bond donors (Lipinski definition) is 0. The van der Waals surface area contributed by atoms with Crippen molar-refractivity contribution in [2.45, 2.75) is 38.5 Å². The first kappa shape index (κ1) is 35.4. The summed E-state index contributed by atoms with van der Waals surface area (Å²) in [7, 11) is 0. The standard InChI is InChI=1S/C48H30Br2F2S4/c1-23-5-13-27(14-6-23)47(28-15-7-24(2)8-16-28)37-35(45-39(47)43-31(53-45)21-33(49)55-43)42(52)38-36(41(37)51)46-40(44-32(54-46)22-34(50)56-44)48(38,29-17-9-25(3)10-18-29)30-19-11-26(4)12-20-30/h5-22H,1-4H3.